The molecule has 0 amide bonds. The highest BCUT2D eigenvalue weighted by molar-refractivity contribution is 7.48. The van der Waals surface area contributed by atoms with Crippen LogP contribution >= 0.6 is 7.82 Å². The van der Waals surface area contributed by atoms with E-state index in [-0.39, 0.29) is 11.5 Å². The van der Waals surface area contributed by atoms with Gasteiger partial charge in [-0.25, -0.2) is 4.57 Å². The minimum atomic E-state index is -4.22. The van der Waals surface area contributed by atoms with Crippen molar-refractivity contribution in [3.63, 3.8) is 0 Å². The summed E-state index contributed by atoms with van der Waals surface area (Å²) in [6.45, 7) is 0. The van der Waals surface area contributed by atoms with Crippen LogP contribution in [0, 0.1) is 0 Å². The van der Waals surface area contributed by atoms with Gasteiger partial charge in [-0.1, -0.05) is 60.7 Å². The highest BCUT2D eigenvalue weighted by atomic mass is 31.2. The van der Waals surface area contributed by atoms with Gasteiger partial charge in [-0.05, 0) is 35.4 Å². The molecule has 0 spiro atoms. The van der Waals surface area contributed by atoms with Crippen molar-refractivity contribution in [1.82, 2.24) is 0 Å². The fourth-order valence-corrected chi connectivity index (χ4v) is 2.92. The van der Waals surface area contributed by atoms with E-state index in [0.717, 1.165) is 11.1 Å². The van der Waals surface area contributed by atoms with Gasteiger partial charge >= 0.3 is 7.82 Å². The second-order valence-corrected chi connectivity index (χ2v) is 6.16. The zero-order chi connectivity index (χ0) is 16.1. The number of phosphoric acid groups is 1. The van der Waals surface area contributed by atoms with E-state index in [2.05, 4.69) is 0 Å². The molecule has 0 aliphatic heterocycles. The van der Waals surface area contributed by atoms with Crippen molar-refractivity contribution in [3.8, 4) is 22.6 Å². The molecule has 1 N–H and O–H groups in total. The number of hydrogen-bond acceptors (Lipinski definition) is 3. The van der Waals surface area contributed by atoms with Crippen LogP contribution in [-0.4, -0.2) is 4.89 Å². The lowest BCUT2D eigenvalue weighted by Crippen LogP contribution is -1.99. The molecule has 116 valence electrons. The third-order valence-corrected chi connectivity index (χ3v) is 4.03. The maximum absolute atomic E-state index is 12.0. The topological polar surface area (TPSA) is 55.8 Å². The standard InChI is InChI=1S/C18H15O4P/c19-23(20,21-17-9-5-2-6-10-17)22-18-13-11-16(12-14-18)15-7-3-1-4-8-15/h1-14H,(H,19,20). The summed E-state index contributed by atoms with van der Waals surface area (Å²) in [5.41, 5.74) is 2.06. The van der Waals surface area contributed by atoms with Crippen LogP contribution in [0.15, 0.2) is 84.9 Å². The summed E-state index contributed by atoms with van der Waals surface area (Å²) < 4.78 is 22.1. The molecule has 0 radical (unpaired) electrons. The van der Waals surface area contributed by atoms with Crippen LogP contribution in [-0.2, 0) is 4.57 Å². The van der Waals surface area contributed by atoms with Gasteiger partial charge in [0.05, 0.1) is 0 Å². The maximum Gasteiger partial charge on any atom is 0.584 e. The van der Waals surface area contributed by atoms with Gasteiger partial charge in [-0.15, -0.1) is 0 Å². The van der Waals surface area contributed by atoms with Crippen LogP contribution in [0.3, 0.4) is 0 Å². The number of hydrogen-bond donors (Lipinski definition) is 1. The third kappa shape index (κ3) is 4.22. The summed E-state index contributed by atoms with van der Waals surface area (Å²) in [5.74, 6) is 0.547. The number of phosphoric ester groups is 1. The summed E-state index contributed by atoms with van der Waals surface area (Å²) in [4.78, 5) is 9.82. The van der Waals surface area contributed by atoms with Gasteiger partial charge in [0.2, 0.25) is 0 Å². The summed E-state index contributed by atoms with van der Waals surface area (Å²) in [6, 6.07) is 25.2. The van der Waals surface area contributed by atoms with Gasteiger partial charge < -0.3 is 9.05 Å². The summed E-state index contributed by atoms with van der Waals surface area (Å²) in [5, 5.41) is 0. The lowest BCUT2D eigenvalue weighted by atomic mass is 10.1. The normalized spacial score (nSPS) is 13.1. The zero-order valence-electron chi connectivity index (χ0n) is 12.2. The summed E-state index contributed by atoms with van der Waals surface area (Å²) in [6.07, 6.45) is 0. The summed E-state index contributed by atoms with van der Waals surface area (Å²) in [7, 11) is -4.22. The van der Waals surface area contributed by atoms with E-state index in [9.17, 15) is 9.46 Å². The van der Waals surface area contributed by atoms with Crippen molar-refractivity contribution in [1.29, 1.82) is 0 Å². The van der Waals surface area contributed by atoms with E-state index in [0.29, 0.717) is 0 Å². The first-order chi connectivity index (χ1) is 11.1. The number of benzene rings is 3. The largest absolute Gasteiger partial charge is 0.584 e. The molecule has 0 aromatic heterocycles. The average Bonchev–Trinajstić information content (AvgIpc) is 2.56. The zero-order valence-corrected chi connectivity index (χ0v) is 13.1. The van der Waals surface area contributed by atoms with Crippen LogP contribution in [0.5, 0.6) is 11.5 Å². The van der Waals surface area contributed by atoms with Crippen molar-refractivity contribution < 1.29 is 18.5 Å². The predicted octanol–water partition coefficient (Wildman–Crippen LogP) is 4.91. The molecule has 4 nitrogen and oxygen atoms in total. The fourth-order valence-electron chi connectivity index (χ4n) is 2.11. The molecule has 0 bridgehead atoms. The van der Waals surface area contributed by atoms with E-state index in [1.165, 1.54) is 0 Å². The van der Waals surface area contributed by atoms with Crippen LogP contribution in [0.1, 0.15) is 0 Å². The van der Waals surface area contributed by atoms with Gasteiger partial charge in [-0.3, -0.25) is 4.89 Å². The second kappa shape index (κ2) is 6.69. The van der Waals surface area contributed by atoms with Crippen LogP contribution in [0.25, 0.3) is 11.1 Å². The summed E-state index contributed by atoms with van der Waals surface area (Å²) >= 11 is 0. The first-order valence-corrected chi connectivity index (χ1v) is 8.54. The first kappa shape index (κ1) is 15.3. The van der Waals surface area contributed by atoms with E-state index in [1.54, 1.807) is 42.5 Å². The molecule has 0 heterocycles. The Morgan fingerprint density at radius 1 is 0.609 bits per heavy atom. The molecule has 23 heavy (non-hydrogen) atoms. The SMILES string of the molecule is O=P(O)(Oc1ccccc1)Oc1ccc(-c2ccccc2)cc1. The van der Waals surface area contributed by atoms with E-state index < -0.39 is 7.82 Å². The molecule has 0 saturated heterocycles. The number of para-hydroxylation sites is 1. The second-order valence-electron chi connectivity index (χ2n) is 4.85. The fraction of sp³-hybridized carbons (Fsp3) is 0. The Balaban J connectivity index is 1.71. The molecular formula is C18H15O4P. The molecule has 5 heteroatoms. The van der Waals surface area contributed by atoms with E-state index in [1.807, 2.05) is 42.5 Å². The molecule has 0 fully saturated rings. The van der Waals surface area contributed by atoms with Crippen LogP contribution in [0.2, 0.25) is 0 Å². The highest BCUT2D eigenvalue weighted by Gasteiger charge is 2.24. The molecular weight excluding hydrogens is 311 g/mol. The molecule has 1 unspecified atom stereocenters. The Kier molecular flexibility index (Phi) is 4.47. The van der Waals surface area contributed by atoms with Crippen molar-refractivity contribution >= 4 is 7.82 Å². The third-order valence-electron chi connectivity index (χ3n) is 3.15. The maximum atomic E-state index is 12.0. The van der Waals surface area contributed by atoms with Crippen molar-refractivity contribution in [3.05, 3.63) is 84.9 Å². The Hall–Kier alpha value is -2.55. The predicted molar refractivity (Wildman–Crippen MR) is 89.4 cm³/mol. The monoisotopic (exact) mass is 326 g/mol. The molecule has 0 aliphatic rings. The minimum Gasteiger partial charge on any atom is -0.395 e. The van der Waals surface area contributed by atoms with Gasteiger partial charge in [-0.2, -0.15) is 0 Å². The van der Waals surface area contributed by atoms with Crippen molar-refractivity contribution in [2.75, 3.05) is 0 Å². The first-order valence-electron chi connectivity index (χ1n) is 7.05. The lowest BCUT2D eigenvalue weighted by molar-refractivity contribution is 0.291. The highest BCUT2D eigenvalue weighted by Crippen LogP contribution is 2.44. The number of rotatable bonds is 5. The Morgan fingerprint density at radius 3 is 1.61 bits per heavy atom. The minimum absolute atomic E-state index is 0.270. The molecule has 3 rings (SSSR count). The van der Waals surface area contributed by atoms with Crippen molar-refractivity contribution in [2.45, 2.75) is 0 Å². The van der Waals surface area contributed by atoms with Crippen LogP contribution < -0.4 is 9.05 Å². The molecule has 0 aliphatic carbocycles. The van der Waals surface area contributed by atoms with E-state index >= 15 is 0 Å². The van der Waals surface area contributed by atoms with Gasteiger partial charge in [0.1, 0.15) is 11.5 Å². The van der Waals surface area contributed by atoms with Gasteiger partial charge in [0.15, 0.2) is 0 Å². The lowest BCUT2D eigenvalue weighted by Gasteiger charge is -2.14. The molecule has 3 aromatic carbocycles. The van der Waals surface area contributed by atoms with Gasteiger partial charge in [0.25, 0.3) is 0 Å². The Bertz CT molecular complexity index is 801. The van der Waals surface area contributed by atoms with Crippen molar-refractivity contribution in [2.24, 2.45) is 0 Å². The molecule has 1 atom stereocenters. The van der Waals surface area contributed by atoms with E-state index in [4.69, 9.17) is 9.05 Å². The Morgan fingerprint density at radius 2 is 1.04 bits per heavy atom. The molecule has 3 aromatic rings. The smallest absolute Gasteiger partial charge is 0.395 e. The van der Waals surface area contributed by atoms with Crippen LogP contribution in [0.4, 0.5) is 0 Å². The van der Waals surface area contributed by atoms with Gasteiger partial charge in [0, 0.05) is 0 Å². The molecule has 0 saturated carbocycles. The quantitative estimate of drug-likeness (QED) is 0.677. The average molecular weight is 326 g/mol. The Labute approximate surface area is 134 Å².